The van der Waals surface area contributed by atoms with Gasteiger partial charge in [0.2, 0.25) is 5.78 Å². The summed E-state index contributed by atoms with van der Waals surface area (Å²) >= 11 is 0. The number of hydrogen-bond acceptors (Lipinski definition) is 11. The predicted octanol–water partition coefficient (Wildman–Crippen LogP) is 6.19. The zero-order chi connectivity index (χ0) is 41.8. The molecule has 4 N–H and O–H groups in total. The fourth-order valence-electron chi connectivity index (χ4n) is 8.73. The number of hydrogen-bond donors (Lipinski definition) is 4. The van der Waals surface area contributed by atoms with Crippen molar-refractivity contribution in [2.45, 2.75) is 98.9 Å². The number of benzene rings is 2. The molecule has 1 amide bonds. The van der Waals surface area contributed by atoms with Gasteiger partial charge in [-0.25, -0.2) is 4.99 Å². The molecule has 1 aliphatic carbocycles. The standard InChI is InChI=1S/C45H54N2O10/c1-20-17-23(4)34-28(18-20)19-29-35(46-34)31-32-39(50)27(8)42-33(31)43(52)45(9,57-42)56-16-15-30(54-10)24(5)41(55-11)26(7)38(49)25(6)37(48)21(2)13-12-14-22(3)44(53)47-36(29)40(32)51/h12-18,21,24-26,30,37-38,41,48-50H,19H2,1-11H3,(H,47,53)/b13-12+,16-15+,22-14-. The normalized spacial score (nSPS) is 32.6. The lowest BCUT2D eigenvalue weighted by molar-refractivity contribution is -0.116. The molecule has 12 nitrogen and oxygen atoms in total. The number of ketones is 2. The van der Waals surface area contributed by atoms with E-state index < -0.39 is 71.2 Å². The molecule has 2 aromatic rings. The summed E-state index contributed by atoms with van der Waals surface area (Å²) in [6.07, 6.45) is 5.13. The molecular weight excluding hydrogens is 728 g/mol. The Morgan fingerprint density at radius 3 is 2.26 bits per heavy atom. The van der Waals surface area contributed by atoms with E-state index in [0.717, 1.165) is 16.7 Å². The molecule has 57 heavy (non-hydrogen) atoms. The molecule has 0 aromatic heterocycles. The van der Waals surface area contributed by atoms with E-state index >= 15 is 0 Å². The van der Waals surface area contributed by atoms with Crippen LogP contribution in [0.15, 0.2) is 64.5 Å². The summed E-state index contributed by atoms with van der Waals surface area (Å²) in [5, 5.41) is 37.4. The Balaban J connectivity index is 1.54. The molecule has 3 heterocycles. The summed E-state index contributed by atoms with van der Waals surface area (Å²) in [4.78, 5) is 48.2. The lowest BCUT2D eigenvalue weighted by Gasteiger charge is -2.37. The molecule has 6 rings (SSSR count). The summed E-state index contributed by atoms with van der Waals surface area (Å²) in [6, 6.07) is 3.97. The number of rotatable bonds is 2. The molecule has 4 aliphatic rings. The number of aliphatic imine (C=N–C) groups is 1. The molecule has 12 heteroatoms. The van der Waals surface area contributed by atoms with Crippen LogP contribution in [0.1, 0.15) is 90.1 Å². The van der Waals surface area contributed by atoms with Crippen LogP contribution in [0.4, 0.5) is 5.69 Å². The van der Waals surface area contributed by atoms with E-state index in [1.165, 1.54) is 20.3 Å². The number of aryl methyl sites for hydroxylation is 2. The van der Waals surface area contributed by atoms with Crippen LogP contribution in [0, 0.1) is 44.4 Å². The van der Waals surface area contributed by atoms with Gasteiger partial charge < -0.3 is 39.6 Å². The molecule has 0 spiro atoms. The average molecular weight is 783 g/mol. The van der Waals surface area contributed by atoms with Crippen LogP contribution >= 0.6 is 0 Å². The van der Waals surface area contributed by atoms with E-state index in [4.69, 9.17) is 23.9 Å². The molecule has 0 saturated carbocycles. The van der Waals surface area contributed by atoms with Crippen molar-refractivity contribution >= 4 is 28.9 Å². The number of carbonyl (C=O) groups excluding carboxylic acids is 3. The molecule has 5 bridgehead atoms. The maximum Gasteiger partial charge on any atom is 0.312 e. The van der Waals surface area contributed by atoms with Crippen LogP contribution in [0.25, 0.3) is 0 Å². The zero-order valence-corrected chi connectivity index (χ0v) is 34.5. The molecule has 9 atom stereocenters. The summed E-state index contributed by atoms with van der Waals surface area (Å²) in [7, 11) is 3.08. The molecule has 0 saturated heterocycles. The first-order chi connectivity index (χ1) is 26.9. The van der Waals surface area contributed by atoms with Crippen LogP contribution in [0.3, 0.4) is 0 Å². The van der Waals surface area contributed by atoms with Crippen LogP contribution in [-0.2, 0) is 25.4 Å². The second-order valence-corrected chi connectivity index (χ2v) is 16.2. The highest BCUT2D eigenvalue weighted by Crippen LogP contribution is 2.50. The van der Waals surface area contributed by atoms with Gasteiger partial charge in [-0.15, -0.1) is 0 Å². The number of ether oxygens (including phenoxy) is 4. The van der Waals surface area contributed by atoms with E-state index in [2.05, 4.69) is 5.32 Å². The minimum Gasteiger partial charge on any atom is -0.507 e. The van der Waals surface area contributed by atoms with E-state index in [0.29, 0.717) is 11.3 Å². The number of aliphatic hydroxyl groups is 2. The second-order valence-electron chi connectivity index (χ2n) is 16.2. The molecule has 3 aliphatic heterocycles. The minimum atomic E-state index is -1.91. The number of fused-ring (bicyclic) bond motifs is 4. The Hall–Kier alpha value is -4.88. The average Bonchev–Trinajstić information content (AvgIpc) is 3.44. The first-order valence-corrected chi connectivity index (χ1v) is 19.4. The smallest absolute Gasteiger partial charge is 0.312 e. The Bertz CT molecular complexity index is 2180. The van der Waals surface area contributed by atoms with Crippen molar-refractivity contribution in [3.63, 3.8) is 0 Å². The molecule has 304 valence electrons. The SMILES string of the molecule is COC1/C=C/OC2(C)Oc3c(C)c(O)c4c(c3C2=O)C2=Nc3c(C)cc(C)cc3CC2=C(NC(=O)/C(C)=C\C=C\C(C)C(O)C(C)C(O)C(C)C(OC)C1C)C4=O. The third-order valence-corrected chi connectivity index (χ3v) is 12.2. The minimum absolute atomic E-state index is 0.0411. The third-order valence-electron chi connectivity index (χ3n) is 12.2. The molecule has 9 unspecified atom stereocenters. The van der Waals surface area contributed by atoms with Gasteiger partial charge in [0.1, 0.15) is 11.5 Å². The monoisotopic (exact) mass is 782 g/mol. The quantitative estimate of drug-likeness (QED) is 0.275. The largest absolute Gasteiger partial charge is 0.507 e. The van der Waals surface area contributed by atoms with Crippen molar-refractivity contribution < 1.29 is 48.7 Å². The van der Waals surface area contributed by atoms with Gasteiger partial charge in [0, 0.05) is 73.5 Å². The van der Waals surface area contributed by atoms with E-state index in [1.807, 2.05) is 46.8 Å². The fourth-order valence-corrected chi connectivity index (χ4v) is 8.73. The number of aliphatic hydroxyl groups excluding tert-OH is 2. The first kappa shape index (κ1) is 41.7. The lowest BCUT2D eigenvalue weighted by Crippen LogP contribution is -2.45. The van der Waals surface area contributed by atoms with Gasteiger partial charge in [0.15, 0.2) is 0 Å². The van der Waals surface area contributed by atoms with Crippen molar-refractivity contribution in [2.24, 2.45) is 28.7 Å². The van der Waals surface area contributed by atoms with Gasteiger partial charge >= 0.3 is 5.79 Å². The number of nitrogens with zero attached hydrogens (tertiary/aromatic N) is 1. The number of carbonyl (C=O) groups is 3. The number of amides is 1. The number of phenolic OH excluding ortho intramolecular Hbond substituents is 1. The Morgan fingerprint density at radius 1 is 0.895 bits per heavy atom. The van der Waals surface area contributed by atoms with Crippen molar-refractivity contribution in [3.8, 4) is 11.5 Å². The van der Waals surface area contributed by atoms with E-state index in [1.54, 1.807) is 52.2 Å². The van der Waals surface area contributed by atoms with Crippen molar-refractivity contribution in [1.29, 1.82) is 0 Å². The highest BCUT2D eigenvalue weighted by atomic mass is 16.7. The summed E-state index contributed by atoms with van der Waals surface area (Å²) in [5.41, 5.74) is 4.40. The van der Waals surface area contributed by atoms with Crippen molar-refractivity contribution in [1.82, 2.24) is 5.32 Å². The van der Waals surface area contributed by atoms with Crippen molar-refractivity contribution in [3.05, 3.63) is 98.5 Å². The van der Waals surface area contributed by atoms with Crippen LogP contribution in [0.2, 0.25) is 0 Å². The van der Waals surface area contributed by atoms with E-state index in [-0.39, 0.29) is 57.3 Å². The van der Waals surface area contributed by atoms with Gasteiger partial charge in [0.25, 0.3) is 11.7 Å². The number of aromatic hydroxyl groups is 1. The van der Waals surface area contributed by atoms with Crippen LogP contribution < -0.4 is 10.1 Å². The molecule has 2 aromatic carbocycles. The number of nitrogens with one attached hydrogen (secondary N) is 1. The lowest BCUT2D eigenvalue weighted by atomic mass is 9.77. The van der Waals surface area contributed by atoms with Crippen molar-refractivity contribution in [2.75, 3.05) is 14.2 Å². The van der Waals surface area contributed by atoms with Gasteiger partial charge in [0.05, 0.1) is 58.9 Å². The highest BCUT2D eigenvalue weighted by Gasteiger charge is 2.52. The van der Waals surface area contributed by atoms with Gasteiger partial charge in [-0.3, -0.25) is 14.4 Å². The van der Waals surface area contributed by atoms with Crippen LogP contribution in [-0.4, -0.2) is 82.9 Å². The topological polar surface area (TPSA) is 173 Å². The Labute approximate surface area is 334 Å². The Kier molecular flexibility index (Phi) is 11.6. The summed E-state index contributed by atoms with van der Waals surface area (Å²) in [5.74, 6) is -5.83. The maximum absolute atomic E-state index is 14.6. The van der Waals surface area contributed by atoms with Gasteiger partial charge in [-0.05, 0) is 44.9 Å². The second kappa shape index (κ2) is 15.8. The maximum atomic E-state index is 14.6. The third kappa shape index (κ3) is 7.17. The van der Waals surface area contributed by atoms with E-state index in [9.17, 15) is 29.7 Å². The summed E-state index contributed by atoms with van der Waals surface area (Å²) in [6.45, 7) is 15.9. The highest BCUT2D eigenvalue weighted by molar-refractivity contribution is 6.35. The number of phenols is 1. The molecule has 0 fully saturated rings. The predicted molar refractivity (Wildman–Crippen MR) is 215 cm³/mol. The molecule has 0 radical (unpaired) electrons. The molecular formula is C45H54N2O10. The van der Waals surface area contributed by atoms with Crippen LogP contribution in [0.5, 0.6) is 11.5 Å². The number of allylic oxidation sites excluding steroid dienone is 4. The number of methoxy groups -OCH3 is 2. The number of Topliss-reactive ketones (excluding diaryl/α,β-unsaturated/α-hetero) is 2. The fraction of sp³-hybridized carbons (Fsp3) is 0.467. The van der Waals surface area contributed by atoms with Gasteiger partial charge in [-0.2, -0.15) is 0 Å². The Morgan fingerprint density at radius 2 is 1.60 bits per heavy atom. The van der Waals surface area contributed by atoms with Gasteiger partial charge in [-0.1, -0.05) is 63.6 Å². The first-order valence-electron chi connectivity index (χ1n) is 19.4. The zero-order valence-electron chi connectivity index (χ0n) is 34.5. The summed E-state index contributed by atoms with van der Waals surface area (Å²) < 4.78 is 24.1.